The number of methoxy groups -OCH3 is 1. The van der Waals surface area contributed by atoms with Gasteiger partial charge in [0.1, 0.15) is 17.3 Å². The normalized spacial score (nSPS) is 24.3. The van der Waals surface area contributed by atoms with Gasteiger partial charge >= 0.3 is 5.51 Å². The van der Waals surface area contributed by atoms with Crippen LogP contribution < -0.4 is 21.1 Å². The van der Waals surface area contributed by atoms with Crippen molar-refractivity contribution in [1.29, 1.82) is 0 Å². The molecule has 3 aliphatic rings. The number of nitrogens with zero attached hydrogens (tertiary/aromatic N) is 3. The lowest BCUT2D eigenvalue weighted by molar-refractivity contribution is -0.106. The fraction of sp³-hybridized carbons (Fsp3) is 0.448. The van der Waals surface area contributed by atoms with Gasteiger partial charge in [0.25, 0.3) is 0 Å². The van der Waals surface area contributed by atoms with E-state index in [1.54, 1.807) is 23.8 Å². The molecule has 0 bridgehead atoms. The van der Waals surface area contributed by atoms with Crippen LogP contribution in [0.4, 0.5) is 24.7 Å². The number of primary amides is 1. The predicted molar refractivity (Wildman–Crippen MR) is 163 cm³/mol. The summed E-state index contributed by atoms with van der Waals surface area (Å²) in [5, 5.41) is 11.3. The van der Waals surface area contributed by atoms with E-state index >= 15 is 0 Å². The van der Waals surface area contributed by atoms with E-state index in [1.807, 2.05) is 31.2 Å². The molecule has 2 aromatic heterocycles. The number of nitrogens with one attached hydrogen (secondary N) is 2. The van der Waals surface area contributed by atoms with Gasteiger partial charge in [0, 0.05) is 47.0 Å². The summed E-state index contributed by atoms with van der Waals surface area (Å²) in [6.07, 6.45) is 2.19. The maximum Gasteiger partial charge on any atom is 0.446 e. The minimum absolute atomic E-state index is 0.00536. The average Bonchev–Trinajstić information content (AvgIpc) is 3.55. The van der Waals surface area contributed by atoms with E-state index in [4.69, 9.17) is 9.53 Å². The van der Waals surface area contributed by atoms with E-state index in [2.05, 4.69) is 38.2 Å². The molecule has 9 nitrogen and oxygen atoms in total. The van der Waals surface area contributed by atoms with E-state index in [0.717, 1.165) is 48.7 Å². The fourth-order valence-electron chi connectivity index (χ4n) is 5.69. The highest BCUT2D eigenvalue weighted by Gasteiger charge is 2.58. The first-order chi connectivity index (χ1) is 20.6. The molecular weight excluding hydrogens is 601 g/mol. The Hall–Kier alpha value is -3.41. The molecule has 1 saturated carbocycles. The van der Waals surface area contributed by atoms with Gasteiger partial charge in [-0.2, -0.15) is 18.3 Å². The maximum absolute atomic E-state index is 13.6. The SMILES string of the molecule is COc1cc(C)ccc1NCC#Cc1nn2c(NC34CCN(C5CS(=O)C5)CC3C4)cccc2c1SC(F)(F)F.NC=O. The number of carbonyl (C=O) groups is 1. The third kappa shape index (κ3) is 7.05. The Balaban J connectivity index is 0.00000118. The molecular formula is C29H33F3N6O3S2. The molecule has 6 rings (SSSR count). The molecule has 1 aliphatic carbocycles. The number of benzene rings is 1. The number of nitrogens with two attached hydrogens (primary N) is 1. The summed E-state index contributed by atoms with van der Waals surface area (Å²) in [6.45, 7) is 4.05. The molecule has 1 aromatic carbocycles. The maximum atomic E-state index is 13.6. The molecule has 43 heavy (non-hydrogen) atoms. The molecule has 2 saturated heterocycles. The number of aryl methyl sites for hydroxylation is 1. The second-order valence-corrected chi connectivity index (χ2v) is 13.4. The van der Waals surface area contributed by atoms with Crippen LogP contribution in [-0.4, -0.2) is 80.5 Å². The number of fused-ring (bicyclic) bond motifs is 2. The van der Waals surface area contributed by atoms with Gasteiger partial charge in [-0.3, -0.25) is 13.9 Å². The van der Waals surface area contributed by atoms with Gasteiger partial charge in [0.2, 0.25) is 6.41 Å². The Bertz CT molecular complexity index is 1580. The number of halogens is 3. The smallest absolute Gasteiger partial charge is 0.446 e. The lowest BCUT2D eigenvalue weighted by Gasteiger charge is -2.41. The summed E-state index contributed by atoms with van der Waals surface area (Å²) in [7, 11) is 0.908. The Morgan fingerprint density at radius 1 is 1.30 bits per heavy atom. The first-order valence-corrected chi connectivity index (χ1v) is 16.0. The second-order valence-electron chi connectivity index (χ2n) is 10.8. The number of amides is 1. The number of hydrogen-bond donors (Lipinski definition) is 3. The molecule has 2 unspecified atom stereocenters. The minimum atomic E-state index is -4.48. The summed E-state index contributed by atoms with van der Waals surface area (Å²) >= 11 is -0.183. The number of likely N-dealkylation sites (tertiary alicyclic amines) is 1. The van der Waals surface area contributed by atoms with Crippen LogP contribution in [0.25, 0.3) is 5.52 Å². The topological polar surface area (TPSA) is 114 Å². The molecule has 4 N–H and O–H groups in total. The highest BCUT2D eigenvalue weighted by Crippen LogP contribution is 2.52. The Morgan fingerprint density at radius 2 is 2.07 bits per heavy atom. The van der Waals surface area contributed by atoms with Crippen molar-refractivity contribution in [2.45, 2.75) is 41.7 Å². The largest absolute Gasteiger partial charge is 0.495 e. The summed E-state index contributed by atoms with van der Waals surface area (Å²) in [6, 6.07) is 11.4. The molecule has 0 spiro atoms. The first-order valence-electron chi connectivity index (χ1n) is 13.7. The van der Waals surface area contributed by atoms with Crippen molar-refractivity contribution >= 4 is 46.0 Å². The first kappa shape index (κ1) is 31.0. The van der Waals surface area contributed by atoms with Crippen LogP contribution in [0.1, 0.15) is 24.1 Å². The van der Waals surface area contributed by atoms with Gasteiger partial charge in [-0.05, 0) is 73.2 Å². The standard InChI is InChI=1S/C28H30F3N5O2S2.CH3NO/c1-18-8-9-21(24(13-18)38-2)32-11-4-5-22-26(39-28(29,30)31)23-6-3-7-25(36(23)34-22)33-27-10-12-35(15-19(27)14-27)20-16-40(37)17-20;2-1-3/h3,6-9,13,19-20,32-33H,10-12,14-17H2,1-2H3;1H,(H2,2,3). The van der Waals surface area contributed by atoms with Crippen LogP contribution >= 0.6 is 11.8 Å². The number of alkyl halides is 3. The molecule has 2 aliphatic heterocycles. The zero-order valence-corrected chi connectivity index (χ0v) is 25.4. The molecule has 0 radical (unpaired) electrons. The van der Waals surface area contributed by atoms with Crippen molar-refractivity contribution in [3.8, 4) is 17.6 Å². The van der Waals surface area contributed by atoms with Crippen LogP contribution in [0.15, 0.2) is 41.3 Å². The minimum Gasteiger partial charge on any atom is -0.495 e. The number of anilines is 2. The Kier molecular flexibility index (Phi) is 9.15. The summed E-state index contributed by atoms with van der Waals surface area (Å²) in [4.78, 5) is 11.0. The lowest BCUT2D eigenvalue weighted by Crippen LogP contribution is -2.54. The van der Waals surface area contributed by atoms with Crippen molar-refractivity contribution in [3.05, 3.63) is 47.7 Å². The van der Waals surface area contributed by atoms with Gasteiger partial charge in [-0.15, -0.1) is 0 Å². The molecule has 230 valence electrons. The average molecular weight is 635 g/mol. The van der Waals surface area contributed by atoms with Gasteiger partial charge < -0.3 is 21.1 Å². The fourth-order valence-corrected chi connectivity index (χ4v) is 7.55. The highest BCUT2D eigenvalue weighted by molar-refractivity contribution is 8.00. The van der Waals surface area contributed by atoms with Crippen LogP contribution in [0.3, 0.4) is 0 Å². The number of thioether (sulfide) groups is 1. The van der Waals surface area contributed by atoms with Crippen molar-refractivity contribution in [3.63, 3.8) is 0 Å². The van der Waals surface area contributed by atoms with E-state index in [9.17, 15) is 17.4 Å². The molecule has 3 fully saturated rings. The van der Waals surface area contributed by atoms with Crippen molar-refractivity contribution in [1.82, 2.24) is 14.5 Å². The number of aromatic nitrogens is 2. The highest BCUT2D eigenvalue weighted by atomic mass is 32.2. The van der Waals surface area contributed by atoms with E-state index in [0.29, 0.717) is 29.0 Å². The van der Waals surface area contributed by atoms with Gasteiger partial charge in [0.15, 0.2) is 0 Å². The lowest BCUT2D eigenvalue weighted by atomic mass is 10.0. The molecule has 4 heterocycles. The molecule has 1 amide bonds. The molecule has 14 heteroatoms. The number of ether oxygens (including phenoxy) is 1. The number of hydrogen-bond acceptors (Lipinski definition) is 8. The van der Waals surface area contributed by atoms with Crippen molar-refractivity contribution < 1.29 is 26.9 Å². The number of carbonyl (C=O) groups excluding carboxylic acids is 1. The number of rotatable bonds is 7. The van der Waals surface area contributed by atoms with Crippen LogP contribution in [0, 0.1) is 24.7 Å². The van der Waals surface area contributed by atoms with E-state index in [1.165, 1.54) is 0 Å². The third-order valence-corrected chi connectivity index (χ3v) is 10.3. The van der Waals surface area contributed by atoms with Gasteiger partial charge in [0.05, 0.1) is 29.8 Å². The second kappa shape index (κ2) is 12.7. The summed E-state index contributed by atoms with van der Waals surface area (Å²) in [5.41, 5.74) is 1.87. The predicted octanol–water partition coefficient (Wildman–Crippen LogP) is 3.84. The molecule has 2 atom stereocenters. The van der Waals surface area contributed by atoms with Crippen molar-refractivity contribution in [2.75, 3.05) is 48.9 Å². The zero-order chi connectivity index (χ0) is 30.8. The Morgan fingerprint density at radius 3 is 2.74 bits per heavy atom. The Labute approximate surface area is 254 Å². The van der Waals surface area contributed by atoms with Crippen LogP contribution in [0.2, 0.25) is 0 Å². The third-order valence-electron chi connectivity index (χ3n) is 7.94. The number of pyridine rings is 1. The summed E-state index contributed by atoms with van der Waals surface area (Å²) in [5.74, 6) is 9.10. The quantitative estimate of drug-likeness (QED) is 0.204. The van der Waals surface area contributed by atoms with Crippen LogP contribution in [0.5, 0.6) is 5.75 Å². The van der Waals surface area contributed by atoms with Crippen molar-refractivity contribution in [2.24, 2.45) is 11.7 Å². The van der Waals surface area contributed by atoms with E-state index in [-0.39, 0.29) is 40.8 Å². The van der Waals surface area contributed by atoms with E-state index < -0.39 is 16.3 Å². The van der Waals surface area contributed by atoms with Gasteiger partial charge in [-0.25, -0.2) is 4.52 Å². The van der Waals surface area contributed by atoms with Crippen LogP contribution in [-0.2, 0) is 15.6 Å². The number of piperidine rings is 1. The molecule has 3 aromatic rings. The zero-order valence-electron chi connectivity index (χ0n) is 23.7. The summed E-state index contributed by atoms with van der Waals surface area (Å²) < 4.78 is 59.2. The monoisotopic (exact) mass is 634 g/mol. The van der Waals surface area contributed by atoms with Gasteiger partial charge in [-0.1, -0.05) is 18.1 Å².